The SMILES string of the molecule is NC(=O)C(O)CNS(=O)(=O)c1ncccc1F. The van der Waals surface area contributed by atoms with Gasteiger partial charge in [0.05, 0.1) is 0 Å². The third kappa shape index (κ3) is 3.44. The highest BCUT2D eigenvalue weighted by Gasteiger charge is 2.22. The average Bonchev–Trinajstić information content (AvgIpc) is 2.26. The zero-order chi connectivity index (χ0) is 13.1. The number of carbonyl (C=O) groups is 1. The summed E-state index contributed by atoms with van der Waals surface area (Å²) in [6.45, 7) is -0.645. The van der Waals surface area contributed by atoms with Crippen LogP contribution in [0.25, 0.3) is 0 Å². The standard InChI is InChI=1S/C8H10FN3O4S/c9-5-2-1-3-11-8(5)17(15,16)12-4-6(13)7(10)14/h1-3,6,12-13H,4H2,(H2,10,14). The van der Waals surface area contributed by atoms with Crippen molar-refractivity contribution in [1.29, 1.82) is 0 Å². The molecule has 0 bridgehead atoms. The summed E-state index contributed by atoms with van der Waals surface area (Å²) in [6.07, 6.45) is -0.584. The molecule has 0 saturated carbocycles. The highest BCUT2D eigenvalue weighted by atomic mass is 32.2. The van der Waals surface area contributed by atoms with E-state index in [0.717, 1.165) is 12.3 Å². The molecule has 0 spiro atoms. The van der Waals surface area contributed by atoms with Crippen molar-refractivity contribution in [2.24, 2.45) is 5.73 Å². The maximum atomic E-state index is 13.1. The van der Waals surface area contributed by atoms with Crippen LogP contribution in [-0.2, 0) is 14.8 Å². The summed E-state index contributed by atoms with van der Waals surface area (Å²) in [5, 5.41) is 8.18. The molecule has 0 saturated heterocycles. The Hall–Kier alpha value is -1.58. The summed E-state index contributed by atoms with van der Waals surface area (Å²) in [4.78, 5) is 13.8. The van der Waals surface area contributed by atoms with E-state index in [1.165, 1.54) is 6.07 Å². The van der Waals surface area contributed by atoms with Crippen molar-refractivity contribution in [1.82, 2.24) is 9.71 Å². The molecular weight excluding hydrogens is 253 g/mol. The number of aliphatic hydroxyl groups excluding tert-OH is 1. The maximum Gasteiger partial charge on any atom is 0.261 e. The van der Waals surface area contributed by atoms with E-state index < -0.39 is 39.4 Å². The number of nitrogens with two attached hydrogens (primary N) is 1. The van der Waals surface area contributed by atoms with E-state index in [0.29, 0.717) is 0 Å². The number of hydrogen-bond acceptors (Lipinski definition) is 5. The molecule has 7 nitrogen and oxygen atoms in total. The number of rotatable bonds is 5. The Morgan fingerprint density at radius 1 is 1.65 bits per heavy atom. The number of amides is 1. The number of pyridine rings is 1. The molecule has 1 aromatic heterocycles. The van der Waals surface area contributed by atoms with Crippen LogP contribution < -0.4 is 10.5 Å². The first-order valence-corrected chi connectivity index (χ1v) is 5.90. The smallest absolute Gasteiger partial charge is 0.261 e. The van der Waals surface area contributed by atoms with Crippen molar-refractivity contribution in [3.05, 3.63) is 24.1 Å². The molecule has 1 unspecified atom stereocenters. The van der Waals surface area contributed by atoms with Gasteiger partial charge in [0.15, 0.2) is 5.82 Å². The number of primary amides is 1. The molecule has 0 aliphatic heterocycles. The van der Waals surface area contributed by atoms with Gasteiger partial charge in [0.1, 0.15) is 6.10 Å². The first-order chi connectivity index (χ1) is 7.84. The van der Waals surface area contributed by atoms with E-state index in [9.17, 15) is 17.6 Å². The van der Waals surface area contributed by atoms with Crippen LogP contribution in [-0.4, -0.2) is 37.1 Å². The molecule has 9 heteroatoms. The molecule has 4 N–H and O–H groups in total. The van der Waals surface area contributed by atoms with E-state index in [2.05, 4.69) is 4.98 Å². The lowest BCUT2D eigenvalue weighted by atomic mass is 10.3. The number of nitrogens with one attached hydrogen (secondary N) is 1. The molecule has 0 aliphatic carbocycles. The number of nitrogens with zero attached hydrogens (tertiary/aromatic N) is 1. The summed E-state index contributed by atoms with van der Waals surface area (Å²) in [6, 6.07) is 2.15. The third-order valence-electron chi connectivity index (χ3n) is 1.77. The molecule has 0 aromatic carbocycles. The Balaban J connectivity index is 2.84. The Labute approximate surface area is 96.5 Å². The van der Waals surface area contributed by atoms with E-state index >= 15 is 0 Å². The summed E-state index contributed by atoms with van der Waals surface area (Å²) >= 11 is 0. The van der Waals surface area contributed by atoms with Gasteiger partial charge in [-0.1, -0.05) is 0 Å². The number of halogens is 1. The molecule has 1 aromatic rings. The van der Waals surface area contributed by atoms with Crippen molar-refractivity contribution < 1.29 is 22.7 Å². The van der Waals surface area contributed by atoms with Gasteiger partial charge in [-0.15, -0.1) is 0 Å². The molecular formula is C8H10FN3O4S. The van der Waals surface area contributed by atoms with Crippen LogP contribution in [0.5, 0.6) is 0 Å². The van der Waals surface area contributed by atoms with E-state index in [-0.39, 0.29) is 0 Å². The van der Waals surface area contributed by atoms with E-state index in [1.54, 1.807) is 0 Å². The molecule has 17 heavy (non-hydrogen) atoms. The van der Waals surface area contributed by atoms with Gasteiger partial charge in [0.2, 0.25) is 10.9 Å². The van der Waals surface area contributed by atoms with Crippen LogP contribution in [0.1, 0.15) is 0 Å². The van der Waals surface area contributed by atoms with Crippen LogP contribution in [0.15, 0.2) is 23.4 Å². The van der Waals surface area contributed by atoms with Crippen molar-refractivity contribution >= 4 is 15.9 Å². The lowest BCUT2D eigenvalue weighted by molar-refractivity contribution is -0.125. The largest absolute Gasteiger partial charge is 0.382 e. The quantitative estimate of drug-likeness (QED) is 0.587. The summed E-state index contributed by atoms with van der Waals surface area (Å²) < 4.78 is 38.0. The molecule has 0 fully saturated rings. The van der Waals surface area contributed by atoms with Gasteiger partial charge in [-0.05, 0) is 12.1 Å². The lowest BCUT2D eigenvalue weighted by Crippen LogP contribution is -2.40. The van der Waals surface area contributed by atoms with Crippen LogP contribution in [0.2, 0.25) is 0 Å². The third-order valence-corrected chi connectivity index (χ3v) is 3.13. The minimum Gasteiger partial charge on any atom is -0.382 e. The normalized spacial score (nSPS) is 13.3. The van der Waals surface area contributed by atoms with Gasteiger partial charge in [-0.2, -0.15) is 0 Å². The monoisotopic (exact) mass is 263 g/mol. The number of carbonyl (C=O) groups excluding carboxylic acids is 1. The topological polar surface area (TPSA) is 122 Å². The number of hydrogen-bond donors (Lipinski definition) is 3. The second-order valence-corrected chi connectivity index (χ2v) is 4.74. The minimum absolute atomic E-state index is 0.645. The Morgan fingerprint density at radius 3 is 2.82 bits per heavy atom. The van der Waals surface area contributed by atoms with Crippen LogP contribution in [0, 0.1) is 5.82 Å². The molecule has 0 aliphatic rings. The second kappa shape index (κ2) is 5.17. The van der Waals surface area contributed by atoms with Crippen LogP contribution >= 0.6 is 0 Å². The van der Waals surface area contributed by atoms with Crippen molar-refractivity contribution in [2.45, 2.75) is 11.1 Å². The van der Waals surface area contributed by atoms with Crippen molar-refractivity contribution in [3.63, 3.8) is 0 Å². The van der Waals surface area contributed by atoms with Crippen molar-refractivity contribution in [3.8, 4) is 0 Å². The van der Waals surface area contributed by atoms with Gasteiger partial charge < -0.3 is 10.8 Å². The molecule has 0 radical (unpaired) electrons. The zero-order valence-corrected chi connectivity index (χ0v) is 9.32. The zero-order valence-electron chi connectivity index (χ0n) is 8.50. The predicted molar refractivity (Wildman–Crippen MR) is 54.6 cm³/mol. The minimum atomic E-state index is -4.22. The first kappa shape index (κ1) is 13.5. The number of aliphatic hydroxyl groups is 1. The highest BCUT2D eigenvalue weighted by molar-refractivity contribution is 7.89. The highest BCUT2D eigenvalue weighted by Crippen LogP contribution is 2.09. The van der Waals surface area contributed by atoms with Gasteiger partial charge in [0.25, 0.3) is 10.0 Å². The molecule has 94 valence electrons. The number of sulfonamides is 1. The van der Waals surface area contributed by atoms with E-state index in [1.807, 2.05) is 4.72 Å². The van der Waals surface area contributed by atoms with Gasteiger partial charge >= 0.3 is 0 Å². The maximum absolute atomic E-state index is 13.1. The van der Waals surface area contributed by atoms with Crippen LogP contribution in [0.4, 0.5) is 4.39 Å². The van der Waals surface area contributed by atoms with Crippen molar-refractivity contribution in [2.75, 3.05) is 6.54 Å². The molecule has 1 heterocycles. The fraction of sp³-hybridized carbons (Fsp3) is 0.250. The molecule has 1 rings (SSSR count). The number of aromatic nitrogens is 1. The second-order valence-electron chi connectivity index (χ2n) is 3.06. The lowest BCUT2D eigenvalue weighted by Gasteiger charge is -2.08. The molecule has 1 atom stereocenters. The first-order valence-electron chi connectivity index (χ1n) is 4.42. The van der Waals surface area contributed by atoms with E-state index in [4.69, 9.17) is 10.8 Å². The van der Waals surface area contributed by atoms with Gasteiger partial charge in [-0.25, -0.2) is 22.5 Å². The summed E-state index contributed by atoms with van der Waals surface area (Å²) in [5.74, 6) is -2.12. The molecule has 1 amide bonds. The van der Waals surface area contributed by atoms with Crippen LogP contribution in [0.3, 0.4) is 0 Å². The fourth-order valence-electron chi connectivity index (χ4n) is 0.927. The average molecular weight is 263 g/mol. The predicted octanol–water partition coefficient (Wildman–Crippen LogP) is -1.65. The Bertz CT molecular complexity index is 519. The Morgan fingerprint density at radius 2 is 2.29 bits per heavy atom. The van der Waals surface area contributed by atoms with Gasteiger partial charge in [-0.3, -0.25) is 4.79 Å². The summed E-state index contributed by atoms with van der Waals surface area (Å²) in [5.41, 5.74) is 4.72. The fourth-order valence-corrected chi connectivity index (χ4v) is 1.96. The van der Waals surface area contributed by atoms with Gasteiger partial charge in [0, 0.05) is 12.7 Å². The Kier molecular flexibility index (Phi) is 4.10. The summed E-state index contributed by atoms with van der Waals surface area (Å²) in [7, 11) is -4.22.